The molecule has 0 atom stereocenters. The lowest BCUT2D eigenvalue weighted by atomic mass is 10.1. The summed E-state index contributed by atoms with van der Waals surface area (Å²) in [5, 5.41) is 1.98. The van der Waals surface area contributed by atoms with Crippen molar-refractivity contribution < 1.29 is 9.53 Å². The first-order valence-corrected chi connectivity index (χ1v) is 7.53. The molecule has 1 saturated carbocycles. The van der Waals surface area contributed by atoms with E-state index in [-0.39, 0.29) is 5.78 Å². The predicted molar refractivity (Wildman–Crippen MR) is 77.2 cm³/mol. The molecule has 0 spiro atoms. The molecule has 0 radical (unpaired) electrons. The van der Waals surface area contributed by atoms with Crippen LogP contribution in [0.15, 0.2) is 35.7 Å². The zero-order chi connectivity index (χ0) is 13.2. The van der Waals surface area contributed by atoms with Crippen LogP contribution in [-0.4, -0.2) is 11.9 Å². The Morgan fingerprint density at radius 2 is 2.00 bits per heavy atom. The molecule has 98 valence electrons. The molecule has 0 bridgehead atoms. The molecule has 2 nitrogen and oxygen atoms in total. The zero-order valence-electron chi connectivity index (χ0n) is 10.9. The van der Waals surface area contributed by atoms with Crippen LogP contribution < -0.4 is 4.74 Å². The molecule has 1 aliphatic rings. The minimum absolute atomic E-state index is 0.116. The number of thiophene rings is 1. The Labute approximate surface area is 117 Å². The number of carbonyl (C=O) groups is 1. The lowest BCUT2D eigenvalue weighted by molar-refractivity contribution is 0.104. The fourth-order valence-electron chi connectivity index (χ4n) is 2.01. The van der Waals surface area contributed by atoms with Crippen LogP contribution in [0.25, 0.3) is 0 Å². The molecule has 1 fully saturated rings. The SMILES string of the molecule is CCc1ccsc1C(=O)c1ccc(OC2CC2)cc1. The average Bonchev–Trinajstić information content (AvgIpc) is 3.12. The lowest BCUT2D eigenvalue weighted by Crippen LogP contribution is -2.02. The van der Waals surface area contributed by atoms with Crippen LogP contribution in [0.3, 0.4) is 0 Å². The summed E-state index contributed by atoms with van der Waals surface area (Å²) < 4.78 is 5.69. The monoisotopic (exact) mass is 272 g/mol. The Morgan fingerprint density at radius 1 is 1.26 bits per heavy atom. The van der Waals surface area contributed by atoms with Gasteiger partial charge in [0, 0.05) is 5.56 Å². The van der Waals surface area contributed by atoms with Gasteiger partial charge in [-0.05, 0) is 60.5 Å². The molecule has 1 heterocycles. The van der Waals surface area contributed by atoms with Crippen molar-refractivity contribution in [2.24, 2.45) is 0 Å². The number of ether oxygens (including phenoxy) is 1. The van der Waals surface area contributed by atoms with Gasteiger partial charge in [0.05, 0.1) is 11.0 Å². The van der Waals surface area contributed by atoms with Gasteiger partial charge >= 0.3 is 0 Å². The van der Waals surface area contributed by atoms with Crippen molar-refractivity contribution in [3.05, 3.63) is 51.7 Å². The van der Waals surface area contributed by atoms with Crippen LogP contribution in [0.4, 0.5) is 0 Å². The molecule has 0 aliphatic heterocycles. The quantitative estimate of drug-likeness (QED) is 0.766. The Bertz CT molecular complexity index is 579. The van der Waals surface area contributed by atoms with Gasteiger partial charge in [0.2, 0.25) is 5.78 Å². The van der Waals surface area contributed by atoms with E-state index in [1.165, 1.54) is 11.3 Å². The summed E-state index contributed by atoms with van der Waals surface area (Å²) in [5.74, 6) is 0.978. The molecule has 1 aromatic carbocycles. The first-order valence-electron chi connectivity index (χ1n) is 6.65. The van der Waals surface area contributed by atoms with Gasteiger partial charge in [-0.2, -0.15) is 0 Å². The smallest absolute Gasteiger partial charge is 0.203 e. The van der Waals surface area contributed by atoms with Crippen LogP contribution >= 0.6 is 11.3 Å². The Hall–Kier alpha value is -1.61. The van der Waals surface area contributed by atoms with Crippen LogP contribution in [0.1, 0.15) is 40.6 Å². The molecular weight excluding hydrogens is 256 g/mol. The summed E-state index contributed by atoms with van der Waals surface area (Å²) in [4.78, 5) is 13.3. The van der Waals surface area contributed by atoms with E-state index < -0.39 is 0 Å². The largest absolute Gasteiger partial charge is 0.490 e. The van der Waals surface area contributed by atoms with Crippen molar-refractivity contribution in [2.45, 2.75) is 32.3 Å². The second kappa shape index (κ2) is 5.17. The molecule has 1 aliphatic carbocycles. The van der Waals surface area contributed by atoms with Gasteiger partial charge in [-0.25, -0.2) is 0 Å². The summed E-state index contributed by atoms with van der Waals surface area (Å²) >= 11 is 1.52. The van der Waals surface area contributed by atoms with Crippen molar-refractivity contribution in [1.29, 1.82) is 0 Å². The lowest BCUT2D eigenvalue weighted by Gasteiger charge is -2.05. The minimum Gasteiger partial charge on any atom is -0.490 e. The maximum atomic E-state index is 12.4. The summed E-state index contributed by atoms with van der Waals surface area (Å²) in [5.41, 5.74) is 1.87. The third-order valence-electron chi connectivity index (χ3n) is 3.28. The van der Waals surface area contributed by atoms with Crippen molar-refractivity contribution >= 4 is 17.1 Å². The summed E-state index contributed by atoms with van der Waals surface area (Å²) in [6.07, 6.45) is 3.59. The maximum absolute atomic E-state index is 12.4. The van der Waals surface area contributed by atoms with Gasteiger partial charge in [0.15, 0.2) is 0 Å². The molecular formula is C16H16O2S. The molecule has 0 N–H and O–H groups in total. The van der Waals surface area contributed by atoms with E-state index in [0.29, 0.717) is 6.10 Å². The second-order valence-corrected chi connectivity index (χ2v) is 5.72. The van der Waals surface area contributed by atoms with Crippen molar-refractivity contribution in [1.82, 2.24) is 0 Å². The topological polar surface area (TPSA) is 26.3 Å². The molecule has 0 unspecified atom stereocenters. The first kappa shape index (κ1) is 12.4. The summed E-state index contributed by atoms with van der Waals surface area (Å²) in [7, 11) is 0. The number of hydrogen-bond donors (Lipinski definition) is 0. The van der Waals surface area contributed by atoms with E-state index in [9.17, 15) is 4.79 Å². The van der Waals surface area contributed by atoms with E-state index in [1.807, 2.05) is 35.7 Å². The number of benzene rings is 1. The van der Waals surface area contributed by atoms with Crippen molar-refractivity contribution in [3.63, 3.8) is 0 Å². The highest BCUT2D eigenvalue weighted by atomic mass is 32.1. The van der Waals surface area contributed by atoms with E-state index in [0.717, 1.165) is 41.0 Å². The molecule has 3 heteroatoms. The second-order valence-electron chi connectivity index (χ2n) is 4.80. The van der Waals surface area contributed by atoms with Crippen molar-refractivity contribution in [2.75, 3.05) is 0 Å². The van der Waals surface area contributed by atoms with E-state index in [4.69, 9.17) is 4.74 Å². The van der Waals surface area contributed by atoms with Gasteiger partial charge in [0.25, 0.3) is 0 Å². The number of hydrogen-bond acceptors (Lipinski definition) is 3. The third-order valence-corrected chi connectivity index (χ3v) is 4.23. The van der Waals surface area contributed by atoms with Crippen LogP contribution in [-0.2, 0) is 6.42 Å². The summed E-state index contributed by atoms with van der Waals surface area (Å²) in [6.45, 7) is 2.07. The van der Waals surface area contributed by atoms with E-state index in [2.05, 4.69) is 6.92 Å². The normalized spacial score (nSPS) is 14.4. The van der Waals surface area contributed by atoms with Crippen LogP contribution in [0.2, 0.25) is 0 Å². The Kier molecular flexibility index (Phi) is 3.38. The van der Waals surface area contributed by atoms with Crippen LogP contribution in [0, 0.1) is 0 Å². The van der Waals surface area contributed by atoms with Gasteiger partial charge in [-0.3, -0.25) is 4.79 Å². The molecule has 3 rings (SSSR count). The van der Waals surface area contributed by atoms with Gasteiger partial charge in [-0.15, -0.1) is 11.3 Å². The Morgan fingerprint density at radius 3 is 2.63 bits per heavy atom. The van der Waals surface area contributed by atoms with Gasteiger partial charge < -0.3 is 4.74 Å². The summed E-state index contributed by atoms with van der Waals surface area (Å²) in [6, 6.07) is 9.54. The fraction of sp³-hybridized carbons (Fsp3) is 0.312. The minimum atomic E-state index is 0.116. The number of rotatable bonds is 5. The highest BCUT2D eigenvalue weighted by Crippen LogP contribution is 2.27. The number of carbonyl (C=O) groups excluding carboxylic acids is 1. The standard InChI is InChI=1S/C16H16O2S/c1-2-11-9-10-19-16(11)15(17)12-3-5-13(6-4-12)18-14-7-8-14/h3-6,9-10,14H,2,7-8H2,1H3. The maximum Gasteiger partial charge on any atom is 0.203 e. The Balaban J connectivity index is 1.79. The van der Waals surface area contributed by atoms with E-state index >= 15 is 0 Å². The van der Waals surface area contributed by atoms with E-state index in [1.54, 1.807) is 0 Å². The first-order chi connectivity index (χ1) is 9.28. The number of aryl methyl sites for hydroxylation is 1. The molecule has 0 amide bonds. The molecule has 19 heavy (non-hydrogen) atoms. The van der Waals surface area contributed by atoms with Gasteiger partial charge in [0.1, 0.15) is 5.75 Å². The molecule has 1 aromatic heterocycles. The van der Waals surface area contributed by atoms with Crippen molar-refractivity contribution in [3.8, 4) is 5.75 Å². The van der Waals surface area contributed by atoms with Crippen LogP contribution in [0.5, 0.6) is 5.75 Å². The zero-order valence-corrected chi connectivity index (χ0v) is 11.7. The average molecular weight is 272 g/mol. The highest BCUT2D eigenvalue weighted by molar-refractivity contribution is 7.12. The highest BCUT2D eigenvalue weighted by Gasteiger charge is 2.23. The molecule has 2 aromatic rings. The number of ketones is 1. The third kappa shape index (κ3) is 2.71. The molecule has 0 saturated heterocycles. The predicted octanol–water partition coefficient (Wildman–Crippen LogP) is 4.08. The fourth-order valence-corrected chi connectivity index (χ4v) is 2.96. The van der Waals surface area contributed by atoms with Gasteiger partial charge in [-0.1, -0.05) is 6.92 Å².